The molecule has 6 nitrogen and oxygen atoms in total. The predicted molar refractivity (Wildman–Crippen MR) is 97.2 cm³/mol. The first-order valence-electron chi connectivity index (χ1n) is 8.49. The number of likely N-dealkylation sites (N-methyl/N-ethyl adjacent to an activating group) is 1. The van der Waals surface area contributed by atoms with Crippen molar-refractivity contribution in [3.05, 3.63) is 29.3 Å². The van der Waals surface area contributed by atoms with E-state index in [0.717, 1.165) is 6.42 Å². The fourth-order valence-electron chi connectivity index (χ4n) is 2.66. The Morgan fingerprint density at radius 3 is 2.44 bits per heavy atom. The maximum absolute atomic E-state index is 12.5. The number of halogens is 1. The number of carbonyl (C=O) groups is 3. The Labute approximate surface area is 153 Å². The van der Waals surface area contributed by atoms with Gasteiger partial charge in [-0.1, -0.05) is 25.4 Å². The number of rotatable bonds is 6. The van der Waals surface area contributed by atoms with Crippen LogP contribution in [0.5, 0.6) is 0 Å². The summed E-state index contributed by atoms with van der Waals surface area (Å²) in [5, 5.41) is 0.588. The number of amides is 3. The normalized spacial score (nSPS) is 15.4. The average molecular weight is 366 g/mol. The van der Waals surface area contributed by atoms with Gasteiger partial charge in [-0.25, -0.2) is 0 Å². The number of anilines is 1. The van der Waals surface area contributed by atoms with Crippen molar-refractivity contribution in [3.63, 3.8) is 0 Å². The molecule has 1 saturated heterocycles. The smallest absolute Gasteiger partial charge is 0.248 e. The van der Waals surface area contributed by atoms with Crippen molar-refractivity contribution in [2.24, 2.45) is 5.92 Å². The number of nitrogens with zero attached hydrogens (tertiary/aromatic N) is 3. The summed E-state index contributed by atoms with van der Waals surface area (Å²) in [5.74, 6) is -0.507. The minimum absolute atomic E-state index is 0.00140. The van der Waals surface area contributed by atoms with Crippen LogP contribution in [0, 0.1) is 5.92 Å². The van der Waals surface area contributed by atoms with Crippen LogP contribution >= 0.6 is 11.6 Å². The topological polar surface area (TPSA) is 60.9 Å². The molecule has 1 atom stereocenters. The van der Waals surface area contributed by atoms with E-state index >= 15 is 0 Å². The van der Waals surface area contributed by atoms with E-state index in [-0.39, 0.29) is 43.4 Å². The first-order valence-corrected chi connectivity index (χ1v) is 8.87. The van der Waals surface area contributed by atoms with Crippen molar-refractivity contribution in [1.29, 1.82) is 0 Å². The van der Waals surface area contributed by atoms with Crippen molar-refractivity contribution >= 4 is 35.0 Å². The third-order valence-electron chi connectivity index (χ3n) is 4.48. The molecule has 7 heteroatoms. The van der Waals surface area contributed by atoms with Crippen LogP contribution in [0.3, 0.4) is 0 Å². The number of hydrogen-bond donors (Lipinski definition) is 0. The van der Waals surface area contributed by atoms with E-state index in [4.69, 9.17) is 11.6 Å². The van der Waals surface area contributed by atoms with Gasteiger partial charge in [-0.3, -0.25) is 19.3 Å². The van der Waals surface area contributed by atoms with Gasteiger partial charge in [0.2, 0.25) is 17.7 Å². The fraction of sp³-hybridized carbons (Fsp3) is 0.500. The van der Waals surface area contributed by atoms with Crippen LogP contribution in [0.15, 0.2) is 24.3 Å². The molecule has 0 spiro atoms. The van der Waals surface area contributed by atoms with Gasteiger partial charge in [-0.15, -0.1) is 0 Å². The largest absolute Gasteiger partial charge is 0.333 e. The van der Waals surface area contributed by atoms with Crippen molar-refractivity contribution in [2.45, 2.75) is 27.2 Å². The van der Waals surface area contributed by atoms with E-state index in [9.17, 15) is 14.4 Å². The van der Waals surface area contributed by atoms with Gasteiger partial charge in [-0.2, -0.15) is 0 Å². The lowest BCUT2D eigenvalue weighted by Crippen LogP contribution is -2.44. The lowest BCUT2D eigenvalue weighted by Gasteiger charge is -2.26. The molecule has 1 fully saturated rings. The second-order valence-corrected chi connectivity index (χ2v) is 6.63. The molecule has 0 radical (unpaired) electrons. The molecule has 136 valence electrons. The zero-order chi connectivity index (χ0) is 18.6. The van der Waals surface area contributed by atoms with E-state index in [1.165, 1.54) is 4.90 Å². The van der Waals surface area contributed by atoms with Gasteiger partial charge in [0.25, 0.3) is 0 Å². The van der Waals surface area contributed by atoms with Crippen molar-refractivity contribution in [2.75, 3.05) is 31.2 Å². The number of hydrogen-bond acceptors (Lipinski definition) is 3. The molecule has 0 saturated carbocycles. The standard InChI is InChI=1S/C18H24ClN3O3/c1-4-13(3)18(25)20(5-2)10-16(23)21-11-17(24)22(12-21)15-8-6-14(19)7-9-15/h6-9,13H,4-5,10-12H2,1-3H3. The Kier molecular flexibility index (Phi) is 6.42. The van der Waals surface area contributed by atoms with Gasteiger partial charge >= 0.3 is 0 Å². The van der Waals surface area contributed by atoms with Crippen LogP contribution in [0.1, 0.15) is 27.2 Å². The van der Waals surface area contributed by atoms with Gasteiger partial charge in [0.1, 0.15) is 13.2 Å². The number of benzene rings is 1. The molecular weight excluding hydrogens is 342 g/mol. The molecule has 0 bridgehead atoms. The Bertz CT molecular complexity index is 647. The summed E-state index contributed by atoms with van der Waals surface area (Å²) >= 11 is 5.87. The van der Waals surface area contributed by atoms with Gasteiger partial charge < -0.3 is 9.80 Å². The molecule has 1 aliphatic rings. The summed E-state index contributed by atoms with van der Waals surface area (Å²) in [4.78, 5) is 41.6. The van der Waals surface area contributed by atoms with Gasteiger partial charge in [-0.05, 0) is 37.6 Å². The van der Waals surface area contributed by atoms with Gasteiger partial charge in [0.15, 0.2) is 0 Å². The lowest BCUT2D eigenvalue weighted by atomic mass is 10.1. The first-order chi connectivity index (χ1) is 11.9. The summed E-state index contributed by atoms with van der Waals surface area (Å²) in [6, 6.07) is 6.91. The first kappa shape index (κ1) is 19.2. The van der Waals surface area contributed by atoms with Crippen molar-refractivity contribution < 1.29 is 14.4 Å². The zero-order valence-electron chi connectivity index (χ0n) is 14.9. The Hall–Kier alpha value is -2.08. The van der Waals surface area contributed by atoms with Crippen LogP contribution in [-0.2, 0) is 14.4 Å². The second-order valence-electron chi connectivity index (χ2n) is 6.19. The molecule has 1 aromatic rings. The van der Waals surface area contributed by atoms with E-state index in [0.29, 0.717) is 17.3 Å². The molecule has 1 unspecified atom stereocenters. The van der Waals surface area contributed by atoms with E-state index in [2.05, 4.69) is 0 Å². The number of carbonyl (C=O) groups excluding carboxylic acids is 3. The molecule has 1 aliphatic heterocycles. The van der Waals surface area contributed by atoms with Crippen molar-refractivity contribution in [3.8, 4) is 0 Å². The van der Waals surface area contributed by atoms with E-state index < -0.39 is 0 Å². The highest BCUT2D eigenvalue weighted by Gasteiger charge is 2.33. The van der Waals surface area contributed by atoms with Crippen LogP contribution in [0.4, 0.5) is 5.69 Å². The summed E-state index contributed by atoms with van der Waals surface area (Å²) in [7, 11) is 0. The maximum Gasteiger partial charge on any atom is 0.248 e. The Balaban J connectivity index is 2.02. The van der Waals surface area contributed by atoms with Gasteiger partial charge in [0.05, 0.1) is 6.54 Å². The van der Waals surface area contributed by atoms with Gasteiger partial charge in [0, 0.05) is 23.2 Å². The van der Waals surface area contributed by atoms with Crippen molar-refractivity contribution in [1.82, 2.24) is 9.80 Å². The minimum Gasteiger partial charge on any atom is -0.333 e. The highest BCUT2D eigenvalue weighted by atomic mass is 35.5. The highest BCUT2D eigenvalue weighted by molar-refractivity contribution is 6.30. The van der Waals surface area contributed by atoms with Crippen LogP contribution in [0.25, 0.3) is 0 Å². The van der Waals surface area contributed by atoms with Crippen LogP contribution in [0.2, 0.25) is 5.02 Å². The molecule has 2 rings (SSSR count). The summed E-state index contributed by atoms with van der Waals surface area (Å²) in [5.41, 5.74) is 0.702. The molecule has 1 heterocycles. The van der Waals surface area contributed by atoms with E-state index in [1.807, 2.05) is 20.8 Å². The molecule has 1 aromatic carbocycles. The SMILES string of the molecule is CCC(C)C(=O)N(CC)CC(=O)N1CC(=O)N(c2ccc(Cl)cc2)C1. The van der Waals surface area contributed by atoms with Crippen LogP contribution < -0.4 is 4.90 Å². The minimum atomic E-state index is -0.219. The monoisotopic (exact) mass is 365 g/mol. The summed E-state index contributed by atoms with van der Waals surface area (Å²) in [6.07, 6.45) is 0.732. The average Bonchev–Trinajstić information content (AvgIpc) is 3.00. The third kappa shape index (κ3) is 4.51. The highest BCUT2D eigenvalue weighted by Crippen LogP contribution is 2.22. The third-order valence-corrected chi connectivity index (χ3v) is 4.74. The molecule has 0 aliphatic carbocycles. The molecular formula is C18H24ClN3O3. The fourth-order valence-corrected chi connectivity index (χ4v) is 2.78. The molecule has 0 aromatic heterocycles. The summed E-state index contributed by atoms with van der Waals surface area (Å²) < 4.78 is 0. The Morgan fingerprint density at radius 1 is 1.24 bits per heavy atom. The molecule has 25 heavy (non-hydrogen) atoms. The summed E-state index contributed by atoms with van der Waals surface area (Å²) in [6.45, 7) is 6.34. The predicted octanol–water partition coefficient (Wildman–Crippen LogP) is 2.37. The quantitative estimate of drug-likeness (QED) is 0.777. The Morgan fingerprint density at radius 2 is 1.88 bits per heavy atom. The van der Waals surface area contributed by atoms with E-state index in [1.54, 1.807) is 34.1 Å². The zero-order valence-corrected chi connectivity index (χ0v) is 15.6. The lowest BCUT2D eigenvalue weighted by molar-refractivity contribution is -0.142. The van der Waals surface area contributed by atoms with Crippen LogP contribution in [-0.4, -0.2) is 53.8 Å². The second kappa shape index (κ2) is 8.34. The molecule has 0 N–H and O–H groups in total. The molecule has 3 amide bonds. The maximum atomic E-state index is 12.5.